The summed E-state index contributed by atoms with van der Waals surface area (Å²) >= 11 is 0. The van der Waals surface area contributed by atoms with Gasteiger partial charge in [0.1, 0.15) is 0 Å². The van der Waals surface area contributed by atoms with Gasteiger partial charge in [-0.1, -0.05) is 37.3 Å². The molecule has 0 aliphatic heterocycles. The van der Waals surface area contributed by atoms with Crippen LogP contribution in [0.4, 0.5) is 0 Å². The van der Waals surface area contributed by atoms with E-state index in [9.17, 15) is 4.79 Å². The van der Waals surface area contributed by atoms with E-state index >= 15 is 0 Å². The van der Waals surface area contributed by atoms with Gasteiger partial charge in [0.15, 0.2) is 0 Å². The van der Waals surface area contributed by atoms with Crippen LogP contribution in [0.25, 0.3) is 0 Å². The van der Waals surface area contributed by atoms with Crippen LogP contribution in [0.1, 0.15) is 31.7 Å². The highest BCUT2D eigenvalue weighted by Gasteiger charge is 2.34. The Bertz CT molecular complexity index is 406. The fraction of sp³-hybridized carbons (Fsp3) is 0.562. The molecule has 2 N–H and O–H groups in total. The topological polar surface area (TPSA) is 46.3 Å². The predicted octanol–water partition coefficient (Wildman–Crippen LogP) is 2.83. The Kier molecular flexibility index (Phi) is 7.03. The van der Waals surface area contributed by atoms with Gasteiger partial charge in [-0.25, -0.2) is 0 Å². The molecule has 0 bridgehead atoms. The number of amides is 1. The van der Waals surface area contributed by atoms with Crippen molar-refractivity contribution < 1.29 is 4.79 Å². The fourth-order valence-corrected chi connectivity index (χ4v) is 2.44. The van der Waals surface area contributed by atoms with Crippen LogP contribution in [0, 0.1) is 11.8 Å². The van der Waals surface area contributed by atoms with Gasteiger partial charge in [-0.05, 0) is 37.3 Å². The van der Waals surface area contributed by atoms with Gasteiger partial charge < -0.3 is 10.6 Å². The Morgan fingerprint density at radius 3 is 2.55 bits per heavy atom. The molecule has 2 rings (SSSR count). The van der Waals surface area contributed by atoms with Crippen molar-refractivity contribution in [2.75, 3.05) is 13.1 Å². The van der Waals surface area contributed by atoms with E-state index in [1.807, 2.05) is 23.1 Å². The van der Waals surface area contributed by atoms with Crippen LogP contribution in [-0.2, 0) is 11.3 Å². The molecule has 112 valence electrons. The van der Waals surface area contributed by atoms with Gasteiger partial charge in [0, 0.05) is 19.0 Å². The largest absolute Gasteiger partial charge is 0.338 e. The number of benzene rings is 1. The molecular weight excluding hydrogens is 272 g/mol. The molecule has 1 atom stereocenters. The average Bonchev–Trinajstić information content (AvgIpc) is 3.27. The SMILES string of the molecule is CC(C(=O)N(CCCN)Cc1ccccc1)C1CC1.Cl. The maximum Gasteiger partial charge on any atom is 0.225 e. The van der Waals surface area contributed by atoms with E-state index in [4.69, 9.17) is 5.73 Å². The highest BCUT2D eigenvalue weighted by Crippen LogP contribution is 2.37. The summed E-state index contributed by atoms with van der Waals surface area (Å²) in [6.45, 7) is 4.18. The number of nitrogens with zero attached hydrogens (tertiary/aromatic N) is 1. The van der Waals surface area contributed by atoms with Gasteiger partial charge in [0.2, 0.25) is 5.91 Å². The lowest BCUT2D eigenvalue weighted by Crippen LogP contribution is -2.37. The van der Waals surface area contributed by atoms with Crippen molar-refractivity contribution in [1.29, 1.82) is 0 Å². The molecule has 1 aliphatic rings. The summed E-state index contributed by atoms with van der Waals surface area (Å²) in [6.07, 6.45) is 3.29. The first-order valence-electron chi connectivity index (χ1n) is 7.25. The van der Waals surface area contributed by atoms with Crippen molar-refractivity contribution in [1.82, 2.24) is 4.90 Å². The summed E-state index contributed by atoms with van der Waals surface area (Å²) < 4.78 is 0. The molecule has 1 amide bonds. The molecule has 0 saturated heterocycles. The smallest absolute Gasteiger partial charge is 0.225 e. The summed E-state index contributed by atoms with van der Waals surface area (Å²) in [5.41, 5.74) is 6.77. The molecule has 1 fully saturated rings. The molecule has 0 aromatic heterocycles. The van der Waals surface area contributed by atoms with E-state index in [1.54, 1.807) is 0 Å². The molecule has 1 saturated carbocycles. The fourth-order valence-electron chi connectivity index (χ4n) is 2.44. The summed E-state index contributed by atoms with van der Waals surface area (Å²) in [5, 5.41) is 0. The Balaban J connectivity index is 0.00000200. The minimum atomic E-state index is 0. The molecule has 1 aliphatic carbocycles. The zero-order valence-electron chi connectivity index (χ0n) is 12.1. The molecule has 20 heavy (non-hydrogen) atoms. The molecule has 0 heterocycles. The van der Waals surface area contributed by atoms with Gasteiger partial charge in [0.25, 0.3) is 0 Å². The first-order valence-corrected chi connectivity index (χ1v) is 7.25. The number of hydrogen-bond acceptors (Lipinski definition) is 2. The van der Waals surface area contributed by atoms with E-state index in [0.29, 0.717) is 24.9 Å². The maximum atomic E-state index is 12.5. The third kappa shape index (κ3) is 4.80. The van der Waals surface area contributed by atoms with E-state index in [0.717, 1.165) is 13.0 Å². The summed E-state index contributed by atoms with van der Waals surface area (Å²) in [7, 11) is 0. The number of rotatable bonds is 7. The van der Waals surface area contributed by atoms with E-state index in [2.05, 4.69) is 19.1 Å². The second-order valence-corrected chi connectivity index (χ2v) is 5.51. The van der Waals surface area contributed by atoms with Crippen molar-refractivity contribution in [3.8, 4) is 0 Å². The van der Waals surface area contributed by atoms with Crippen LogP contribution >= 0.6 is 12.4 Å². The van der Waals surface area contributed by atoms with Crippen molar-refractivity contribution in [2.45, 2.75) is 32.7 Å². The minimum Gasteiger partial charge on any atom is -0.338 e. The first-order chi connectivity index (χ1) is 9.22. The Hall–Kier alpha value is -1.06. The highest BCUT2D eigenvalue weighted by atomic mass is 35.5. The van der Waals surface area contributed by atoms with Gasteiger partial charge in [0.05, 0.1) is 0 Å². The predicted molar refractivity (Wildman–Crippen MR) is 84.7 cm³/mol. The van der Waals surface area contributed by atoms with E-state index in [-0.39, 0.29) is 18.3 Å². The summed E-state index contributed by atoms with van der Waals surface area (Å²) in [4.78, 5) is 14.5. The molecule has 0 spiro atoms. The average molecular weight is 297 g/mol. The Morgan fingerprint density at radius 1 is 1.35 bits per heavy atom. The monoisotopic (exact) mass is 296 g/mol. The zero-order valence-corrected chi connectivity index (χ0v) is 12.9. The standard InChI is InChI=1S/C16H24N2O.ClH/c1-13(15-8-9-15)16(19)18(11-5-10-17)12-14-6-3-2-4-7-14;/h2-4,6-7,13,15H,5,8-12,17H2,1H3;1H. The lowest BCUT2D eigenvalue weighted by Gasteiger charge is -2.26. The quantitative estimate of drug-likeness (QED) is 0.841. The van der Waals surface area contributed by atoms with Crippen LogP contribution < -0.4 is 5.73 Å². The van der Waals surface area contributed by atoms with E-state index in [1.165, 1.54) is 18.4 Å². The molecular formula is C16H25ClN2O. The van der Waals surface area contributed by atoms with Crippen molar-refractivity contribution in [3.63, 3.8) is 0 Å². The van der Waals surface area contributed by atoms with Gasteiger partial charge in [-0.2, -0.15) is 0 Å². The van der Waals surface area contributed by atoms with Gasteiger partial charge in [-0.3, -0.25) is 4.79 Å². The summed E-state index contributed by atoms with van der Waals surface area (Å²) in [5.74, 6) is 1.07. The number of halogens is 1. The molecule has 4 heteroatoms. The Morgan fingerprint density at radius 2 is 2.00 bits per heavy atom. The van der Waals surface area contributed by atoms with Crippen molar-refractivity contribution in [3.05, 3.63) is 35.9 Å². The molecule has 0 radical (unpaired) electrons. The number of nitrogens with two attached hydrogens (primary N) is 1. The summed E-state index contributed by atoms with van der Waals surface area (Å²) in [6, 6.07) is 10.2. The van der Waals surface area contributed by atoms with Crippen LogP contribution in [0.2, 0.25) is 0 Å². The van der Waals surface area contributed by atoms with Crippen LogP contribution in [-0.4, -0.2) is 23.9 Å². The zero-order chi connectivity index (χ0) is 13.7. The van der Waals surface area contributed by atoms with Gasteiger partial charge >= 0.3 is 0 Å². The van der Waals surface area contributed by atoms with Gasteiger partial charge in [-0.15, -0.1) is 12.4 Å². The molecule has 3 nitrogen and oxygen atoms in total. The molecule has 1 aromatic rings. The number of carbonyl (C=O) groups is 1. The van der Waals surface area contributed by atoms with Crippen LogP contribution in [0.15, 0.2) is 30.3 Å². The molecule has 1 aromatic carbocycles. The molecule has 1 unspecified atom stereocenters. The van der Waals surface area contributed by atoms with Crippen molar-refractivity contribution in [2.24, 2.45) is 17.6 Å². The number of carbonyl (C=O) groups excluding carboxylic acids is 1. The van der Waals surface area contributed by atoms with Crippen molar-refractivity contribution >= 4 is 18.3 Å². The third-order valence-corrected chi connectivity index (χ3v) is 3.88. The lowest BCUT2D eigenvalue weighted by atomic mass is 10.0. The Labute approximate surface area is 127 Å². The highest BCUT2D eigenvalue weighted by molar-refractivity contribution is 5.85. The second kappa shape index (κ2) is 8.28. The van der Waals surface area contributed by atoms with Crippen LogP contribution in [0.5, 0.6) is 0 Å². The minimum absolute atomic E-state index is 0. The normalized spacial score (nSPS) is 15.3. The third-order valence-electron chi connectivity index (χ3n) is 3.88. The second-order valence-electron chi connectivity index (χ2n) is 5.51. The van der Waals surface area contributed by atoms with Crippen LogP contribution in [0.3, 0.4) is 0 Å². The maximum absolute atomic E-state index is 12.5. The first kappa shape index (κ1) is 17.0. The van der Waals surface area contributed by atoms with E-state index < -0.39 is 0 Å². The number of hydrogen-bond donors (Lipinski definition) is 1. The lowest BCUT2D eigenvalue weighted by molar-refractivity contribution is -0.136.